The predicted octanol–water partition coefficient (Wildman–Crippen LogP) is 2.57. The standard InChI is InChI=1S/C19H25NO7/c1-19(17(23)24,18(25)26)13-9-11-14(12-10-13)20-15(21)7-5-3-4-6-8-16(22)27-2/h9-12H,3-8H2,1-2H3,(H,20,21)(H,23,24)(H,25,26). The van der Waals surface area contributed by atoms with Gasteiger partial charge in [0.2, 0.25) is 5.91 Å². The lowest BCUT2D eigenvalue weighted by molar-refractivity contribution is -0.156. The molecule has 0 aliphatic rings. The maximum absolute atomic E-state index is 11.9. The van der Waals surface area contributed by atoms with Gasteiger partial charge in [-0.15, -0.1) is 0 Å². The summed E-state index contributed by atoms with van der Waals surface area (Å²) >= 11 is 0. The van der Waals surface area contributed by atoms with E-state index in [0.717, 1.165) is 26.2 Å². The summed E-state index contributed by atoms with van der Waals surface area (Å²) in [5.41, 5.74) is -1.47. The van der Waals surface area contributed by atoms with Gasteiger partial charge in [-0.1, -0.05) is 25.0 Å². The molecule has 0 fully saturated rings. The van der Waals surface area contributed by atoms with Crippen molar-refractivity contribution in [3.8, 4) is 0 Å². The second-order valence-corrected chi connectivity index (χ2v) is 6.35. The van der Waals surface area contributed by atoms with Gasteiger partial charge in [0.25, 0.3) is 0 Å². The second-order valence-electron chi connectivity index (χ2n) is 6.35. The summed E-state index contributed by atoms with van der Waals surface area (Å²) in [5, 5.41) is 21.1. The molecular formula is C19H25NO7. The van der Waals surface area contributed by atoms with Crippen molar-refractivity contribution in [1.82, 2.24) is 0 Å². The lowest BCUT2D eigenvalue weighted by atomic mass is 9.82. The van der Waals surface area contributed by atoms with Crippen molar-refractivity contribution in [2.24, 2.45) is 0 Å². The van der Waals surface area contributed by atoms with Crippen LogP contribution >= 0.6 is 0 Å². The molecule has 0 saturated carbocycles. The molecule has 1 amide bonds. The van der Waals surface area contributed by atoms with E-state index >= 15 is 0 Å². The Morgan fingerprint density at radius 2 is 1.44 bits per heavy atom. The molecule has 0 heterocycles. The van der Waals surface area contributed by atoms with E-state index in [-0.39, 0.29) is 17.4 Å². The summed E-state index contributed by atoms with van der Waals surface area (Å²) in [6.07, 6.45) is 3.75. The molecular weight excluding hydrogens is 354 g/mol. The van der Waals surface area contributed by atoms with E-state index in [1.54, 1.807) is 0 Å². The number of rotatable bonds is 11. The van der Waals surface area contributed by atoms with Gasteiger partial charge in [0.05, 0.1) is 7.11 Å². The van der Waals surface area contributed by atoms with Crippen LogP contribution in [0.3, 0.4) is 0 Å². The number of hydrogen-bond acceptors (Lipinski definition) is 5. The number of esters is 1. The number of anilines is 1. The molecule has 27 heavy (non-hydrogen) atoms. The minimum Gasteiger partial charge on any atom is -0.480 e. The predicted molar refractivity (Wildman–Crippen MR) is 97.4 cm³/mol. The van der Waals surface area contributed by atoms with E-state index in [9.17, 15) is 29.4 Å². The number of carbonyl (C=O) groups is 4. The van der Waals surface area contributed by atoms with Gasteiger partial charge in [0.15, 0.2) is 5.41 Å². The minimum atomic E-state index is -2.05. The van der Waals surface area contributed by atoms with Crippen LogP contribution < -0.4 is 5.32 Å². The van der Waals surface area contributed by atoms with E-state index in [1.807, 2.05) is 0 Å². The van der Waals surface area contributed by atoms with Crippen molar-refractivity contribution in [3.05, 3.63) is 29.8 Å². The Morgan fingerprint density at radius 1 is 0.926 bits per heavy atom. The number of amides is 1. The number of carboxylic acid groups (broad SMARTS) is 2. The first-order chi connectivity index (χ1) is 12.7. The highest BCUT2D eigenvalue weighted by atomic mass is 16.5. The molecule has 0 unspecified atom stereocenters. The van der Waals surface area contributed by atoms with Crippen LogP contribution in [-0.2, 0) is 29.3 Å². The molecule has 1 aromatic rings. The highest BCUT2D eigenvalue weighted by Gasteiger charge is 2.43. The number of benzene rings is 1. The van der Waals surface area contributed by atoms with E-state index in [0.29, 0.717) is 24.9 Å². The molecule has 0 aliphatic carbocycles. The summed E-state index contributed by atoms with van der Waals surface area (Å²) in [6, 6.07) is 5.72. The third-order valence-corrected chi connectivity index (χ3v) is 4.36. The summed E-state index contributed by atoms with van der Waals surface area (Å²) in [5.74, 6) is -3.34. The zero-order chi connectivity index (χ0) is 20.4. The van der Waals surface area contributed by atoms with Crippen molar-refractivity contribution < 1.29 is 34.1 Å². The monoisotopic (exact) mass is 379 g/mol. The van der Waals surface area contributed by atoms with Gasteiger partial charge in [0.1, 0.15) is 0 Å². The van der Waals surface area contributed by atoms with Gasteiger partial charge < -0.3 is 20.3 Å². The number of ether oxygens (including phenoxy) is 1. The zero-order valence-corrected chi connectivity index (χ0v) is 15.5. The number of nitrogens with one attached hydrogen (secondary N) is 1. The van der Waals surface area contributed by atoms with Crippen molar-refractivity contribution in [1.29, 1.82) is 0 Å². The molecule has 0 radical (unpaired) electrons. The van der Waals surface area contributed by atoms with Crippen LogP contribution in [0.4, 0.5) is 5.69 Å². The zero-order valence-electron chi connectivity index (χ0n) is 15.5. The number of hydrogen-bond donors (Lipinski definition) is 3. The van der Waals surface area contributed by atoms with Crippen LogP contribution in [0.1, 0.15) is 51.0 Å². The molecule has 3 N–H and O–H groups in total. The molecule has 0 bridgehead atoms. The lowest BCUT2D eigenvalue weighted by Gasteiger charge is -2.20. The molecule has 0 spiro atoms. The Morgan fingerprint density at radius 3 is 1.93 bits per heavy atom. The number of methoxy groups -OCH3 is 1. The van der Waals surface area contributed by atoms with Crippen molar-refractivity contribution in [2.75, 3.05) is 12.4 Å². The number of carboxylic acids is 2. The minimum absolute atomic E-state index is 0.117. The molecule has 0 aromatic heterocycles. The average Bonchev–Trinajstić information content (AvgIpc) is 2.63. The smallest absolute Gasteiger partial charge is 0.325 e. The third-order valence-electron chi connectivity index (χ3n) is 4.36. The first-order valence-electron chi connectivity index (χ1n) is 8.65. The molecule has 148 valence electrons. The Balaban J connectivity index is 2.47. The molecule has 1 rings (SSSR count). The van der Waals surface area contributed by atoms with Crippen molar-refractivity contribution in [3.63, 3.8) is 0 Å². The van der Waals surface area contributed by atoms with E-state index in [2.05, 4.69) is 10.1 Å². The molecule has 8 nitrogen and oxygen atoms in total. The number of unbranched alkanes of at least 4 members (excludes halogenated alkanes) is 3. The third kappa shape index (κ3) is 6.40. The summed E-state index contributed by atoms with van der Waals surface area (Å²) in [4.78, 5) is 45.5. The Hall–Kier alpha value is -2.90. The van der Waals surface area contributed by atoms with Crippen LogP contribution in [-0.4, -0.2) is 41.1 Å². The summed E-state index contributed by atoms with van der Waals surface area (Å²) in [6.45, 7) is 1.12. The maximum Gasteiger partial charge on any atom is 0.325 e. The summed E-state index contributed by atoms with van der Waals surface area (Å²) < 4.78 is 4.55. The van der Waals surface area contributed by atoms with Gasteiger partial charge in [0, 0.05) is 18.5 Å². The largest absolute Gasteiger partial charge is 0.480 e. The average molecular weight is 379 g/mol. The fourth-order valence-corrected chi connectivity index (χ4v) is 2.46. The SMILES string of the molecule is COC(=O)CCCCCCC(=O)Nc1ccc(C(C)(C(=O)O)C(=O)O)cc1. The van der Waals surface area contributed by atoms with E-state index in [4.69, 9.17) is 0 Å². The molecule has 0 aliphatic heterocycles. The van der Waals surface area contributed by atoms with Gasteiger partial charge >= 0.3 is 17.9 Å². The van der Waals surface area contributed by atoms with Crippen LogP contribution in [0.25, 0.3) is 0 Å². The van der Waals surface area contributed by atoms with Crippen LogP contribution in [0.15, 0.2) is 24.3 Å². The second kappa shape index (κ2) is 10.3. The van der Waals surface area contributed by atoms with Crippen LogP contribution in [0.5, 0.6) is 0 Å². The highest BCUT2D eigenvalue weighted by molar-refractivity contribution is 6.04. The lowest BCUT2D eigenvalue weighted by Crippen LogP contribution is -2.40. The fraction of sp³-hybridized carbons (Fsp3) is 0.474. The molecule has 1 aromatic carbocycles. The Kier molecular flexibility index (Phi) is 8.44. The Bertz CT molecular complexity index is 668. The van der Waals surface area contributed by atoms with Crippen LogP contribution in [0, 0.1) is 0 Å². The van der Waals surface area contributed by atoms with Crippen molar-refractivity contribution in [2.45, 2.75) is 50.9 Å². The Labute approximate surface area is 157 Å². The highest BCUT2D eigenvalue weighted by Crippen LogP contribution is 2.26. The van der Waals surface area contributed by atoms with Gasteiger partial charge in [-0.3, -0.25) is 19.2 Å². The first kappa shape index (κ1) is 22.1. The normalized spacial score (nSPS) is 10.9. The van der Waals surface area contributed by atoms with Gasteiger partial charge in [-0.05, 0) is 37.5 Å². The molecule has 0 saturated heterocycles. The number of aliphatic carboxylic acids is 2. The quantitative estimate of drug-likeness (QED) is 0.306. The summed E-state index contributed by atoms with van der Waals surface area (Å²) in [7, 11) is 1.35. The maximum atomic E-state index is 11.9. The van der Waals surface area contributed by atoms with E-state index < -0.39 is 17.4 Å². The first-order valence-corrected chi connectivity index (χ1v) is 8.65. The van der Waals surface area contributed by atoms with Crippen LogP contribution in [0.2, 0.25) is 0 Å². The topological polar surface area (TPSA) is 130 Å². The fourth-order valence-electron chi connectivity index (χ4n) is 2.46. The number of carbonyl (C=O) groups excluding carboxylic acids is 2. The molecule has 8 heteroatoms. The van der Waals surface area contributed by atoms with Gasteiger partial charge in [-0.25, -0.2) is 0 Å². The van der Waals surface area contributed by atoms with Gasteiger partial charge in [-0.2, -0.15) is 0 Å². The molecule has 0 atom stereocenters. The van der Waals surface area contributed by atoms with Crippen molar-refractivity contribution >= 4 is 29.5 Å². The van der Waals surface area contributed by atoms with E-state index in [1.165, 1.54) is 31.4 Å².